The predicted molar refractivity (Wildman–Crippen MR) is 100 cm³/mol. The van der Waals surface area contributed by atoms with E-state index in [0.29, 0.717) is 28.4 Å². The number of halogens is 2. The third kappa shape index (κ3) is 3.67. The molecule has 28 heavy (non-hydrogen) atoms. The minimum absolute atomic E-state index is 0.107. The zero-order valence-electron chi connectivity index (χ0n) is 14.3. The lowest BCUT2D eigenvalue weighted by Crippen LogP contribution is -2.27. The molecule has 2 aromatic carbocycles. The lowest BCUT2D eigenvalue weighted by Gasteiger charge is -2.09. The first-order valence-electron chi connectivity index (χ1n) is 8.21. The molecule has 1 N–H and O–H groups in total. The number of ether oxygens (including phenoxy) is 2. The fourth-order valence-electron chi connectivity index (χ4n) is 2.69. The lowest BCUT2D eigenvalue weighted by atomic mass is 10.1. The maximum Gasteiger partial charge on any atom is 0.254 e. The van der Waals surface area contributed by atoms with Crippen molar-refractivity contribution in [3.05, 3.63) is 70.0 Å². The Balaban J connectivity index is 1.49. The number of carbonyl (C=O) groups is 1. The summed E-state index contributed by atoms with van der Waals surface area (Å²) in [6.07, 6.45) is 1.29. The van der Waals surface area contributed by atoms with Crippen molar-refractivity contribution in [2.45, 2.75) is 6.54 Å². The van der Waals surface area contributed by atoms with Gasteiger partial charge in [-0.25, -0.2) is 9.37 Å². The molecular weight excluding hydrogens is 389 g/mol. The van der Waals surface area contributed by atoms with Gasteiger partial charge in [0.15, 0.2) is 11.5 Å². The molecule has 0 spiro atoms. The monoisotopic (exact) mass is 401 g/mol. The number of carbonyl (C=O) groups excluding carboxylic acids is 1. The van der Waals surface area contributed by atoms with Crippen LogP contribution in [0, 0.1) is 5.82 Å². The first kappa shape index (κ1) is 18.0. The number of hydrogen-bond donors (Lipinski definition) is 1. The SMILES string of the molecule is O=C(Cn1cnc(-c2ccc3c(c2)OCO3)cc1=O)Nc1ccc(F)c(Cl)c1. The van der Waals surface area contributed by atoms with E-state index in [-0.39, 0.29) is 18.4 Å². The average molecular weight is 402 g/mol. The highest BCUT2D eigenvalue weighted by molar-refractivity contribution is 6.31. The van der Waals surface area contributed by atoms with Crippen molar-refractivity contribution in [3.8, 4) is 22.8 Å². The van der Waals surface area contributed by atoms with Gasteiger partial charge in [0.2, 0.25) is 12.7 Å². The van der Waals surface area contributed by atoms with Crippen molar-refractivity contribution in [2.24, 2.45) is 0 Å². The van der Waals surface area contributed by atoms with E-state index >= 15 is 0 Å². The second-order valence-corrected chi connectivity index (χ2v) is 6.39. The van der Waals surface area contributed by atoms with Crippen LogP contribution in [0.25, 0.3) is 11.3 Å². The first-order chi connectivity index (χ1) is 13.5. The number of anilines is 1. The molecule has 0 bridgehead atoms. The molecule has 0 fully saturated rings. The molecule has 1 aromatic heterocycles. The molecule has 0 atom stereocenters. The maximum atomic E-state index is 13.2. The van der Waals surface area contributed by atoms with Crippen LogP contribution in [0.2, 0.25) is 5.02 Å². The maximum absolute atomic E-state index is 13.2. The van der Waals surface area contributed by atoms with Gasteiger partial charge in [-0.3, -0.25) is 14.2 Å². The highest BCUT2D eigenvalue weighted by Gasteiger charge is 2.15. The Hall–Kier alpha value is -3.39. The van der Waals surface area contributed by atoms with Gasteiger partial charge < -0.3 is 14.8 Å². The molecule has 1 amide bonds. The minimum Gasteiger partial charge on any atom is -0.454 e. The quantitative estimate of drug-likeness (QED) is 0.726. The number of rotatable bonds is 4. The number of benzene rings is 2. The highest BCUT2D eigenvalue weighted by atomic mass is 35.5. The molecule has 4 rings (SSSR count). The van der Waals surface area contributed by atoms with E-state index in [0.717, 1.165) is 10.6 Å². The summed E-state index contributed by atoms with van der Waals surface area (Å²) in [5, 5.41) is 2.45. The fourth-order valence-corrected chi connectivity index (χ4v) is 2.87. The molecule has 0 saturated carbocycles. The largest absolute Gasteiger partial charge is 0.454 e. The van der Waals surface area contributed by atoms with Crippen molar-refractivity contribution < 1.29 is 18.7 Å². The molecule has 1 aliphatic heterocycles. The third-order valence-corrected chi connectivity index (χ3v) is 4.35. The molecule has 9 heteroatoms. The fraction of sp³-hybridized carbons (Fsp3) is 0.105. The van der Waals surface area contributed by atoms with Crippen molar-refractivity contribution >= 4 is 23.2 Å². The second-order valence-electron chi connectivity index (χ2n) is 5.99. The predicted octanol–water partition coefficient (Wildman–Crippen LogP) is 3.07. The van der Waals surface area contributed by atoms with Crippen LogP contribution in [0.5, 0.6) is 11.5 Å². The van der Waals surface area contributed by atoms with Gasteiger partial charge in [-0.1, -0.05) is 11.6 Å². The Morgan fingerprint density at radius 3 is 2.79 bits per heavy atom. The van der Waals surface area contributed by atoms with Crippen LogP contribution >= 0.6 is 11.6 Å². The number of hydrogen-bond acceptors (Lipinski definition) is 5. The van der Waals surface area contributed by atoms with Gasteiger partial charge in [0, 0.05) is 17.3 Å². The van der Waals surface area contributed by atoms with E-state index in [1.165, 1.54) is 24.5 Å². The topological polar surface area (TPSA) is 82.5 Å². The Kier molecular flexibility index (Phi) is 4.70. The Morgan fingerprint density at radius 2 is 2.00 bits per heavy atom. The smallest absolute Gasteiger partial charge is 0.254 e. The van der Waals surface area contributed by atoms with E-state index in [9.17, 15) is 14.0 Å². The zero-order chi connectivity index (χ0) is 19.7. The molecule has 1 aliphatic rings. The molecule has 0 aliphatic carbocycles. The van der Waals surface area contributed by atoms with Gasteiger partial charge in [0.05, 0.1) is 17.0 Å². The van der Waals surface area contributed by atoms with Crippen LogP contribution in [-0.2, 0) is 11.3 Å². The van der Waals surface area contributed by atoms with Crippen LogP contribution in [0.4, 0.5) is 10.1 Å². The van der Waals surface area contributed by atoms with Gasteiger partial charge in [0.25, 0.3) is 5.56 Å². The van der Waals surface area contributed by atoms with Gasteiger partial charge in [-0.15, -0.1) is 0 Å². The van der Waals surface area contributed by atoms with E-state index in [1.807, 2.05) is 0 Å². The van der Waals surface area contributed by atoms with E-state index in [2.05, 4.69) is 10.3 Å². The van der Waals surface area contributed by atoms with Crippen LogP contribution in [-0.4, -0.2) is 22.3 Å². The summed E-state index contributed by atoms with van der Waals surface area (Å²) in [5.41, 5.74) is 1.08. The summed E-state index contributed by atoms with van der Waals surface area (Å²) in [6, 6.07) is 10.4. The van der Waals surface area contributed by atoms with Crippen molar-refractivity contribution in [1.29, 1.82) is 0 Å². The van der Waals surface area contributed by atoms with E-state index < -0.39 is 17.3 Å². The number of nitrogens with zero attached hydrogens (tertiary/aromatic N) is 2. The Morgan fingerprint density at radius 1 is 1.18 bits per heavy atom. The number of aromatic nitrogens is 2. The standard InChI is InChI=1S/C19H13ClFN3O4/c20-13-6-12(2-3-14(13)21)23-18(25)8-24-9-22-15(7-19(24)26)11-1-4-16-17(5-11)28-10-27-16/h1-7,9H,8,10H2,(H,23,25). The molecule has 2 heterocycles. The molecule has 3 aromatic rings. The molecule has 0 radical (unpaired) electrons. The molecule has 0 unspecified atom stereocenters. The average Bonchev–Trinajstić information content (AvgIpc) is 3.14. The number of fused-ring (bicyclic) bond motifs is 1. The normalized spacial score (nSPS) is 12.1. The number of nitrogens with one attached hydrogen (secondary N) is 1. The van der Waals surface area contributed by atoms with Gasteiger partial charge in [0.1, 0.15) is 12.4 Å². The summed E-state index contributed by atoms with van der Waals surface area (Å²) in [7, 11) is 0. The Bertz CT molecular complexity index is 1130. The van der Waals surface area contributed by atoms with E-state index in [1.54, 1.807) is 18.2 Å². The summed E-state index contributed by atoms with van der Waals surface area (Å²) in [5.74, 6) is 0.164. The second kappa shape index (κ2) is 7.32. The molecule has 142 valence electrons. The van der Waals surface area contributed by atoms with Crippen molar-refractivity contribution in [3.63, 3.8) is 0 Å². The summed E-state index contributed by atoms with van der Waals surface area (Å²) < 4.78 is 24.9. The lowest BCUT2D eigenvalue weighted by molar-refractivity contribution is -0.116. The zero-order valence-corrected chi connectivity index (χ0v) is 15.1. The van der Waals surface area contributed by atoms with Crippen LogP contribution in [0.15, 0.2) is 53.6 Å². The summed E-state index contributed by atoms with van der Waals surface area (Å²) in [6.45, 7) is -0.0928. The molecule has 7 nitrogen and oxygen atoms in total. The van der Waals surface area contributed by atoms with Crippen LogP contribution in [0.1, 0.15) is 0 Å². The molecule has 0 saturated heterocycles. The van der Waals surface area contributed by atoms with Crippen LogP contribution in [0.3, 0.4) is 0 Å². The van der Waals surface area contributed by atoms with Crippen LogP contribution < -0.4 is 20.3 Å². The van der Waals surface area contributed by atoms with Crippen molar-refractivity contribution in [1.82, 2.24) is 9.55 Å². The Labute approximate surface area is 163 Å². The van der Waals surface area contributed by atoms with Crippen molar-refractivity contribution in [2.75, 3.05) is 12.1 Å². The first-order valence-corrected chi connectivity index (χ1v) is 8.59. The molecular formula is C19H13ClFN3O4. The number of amides is 1. The minimum atomic E-state index is -0.584. The van der Waals surface area contributed by atoms with Gasteiger partial charge >= 0.3 is 0 Å². The van der Waals surface area contributed by atoms with E-state index in [4.69, 9.17) is 21.1 Å². The third-order valence-electron chi connectivity index (χ3n) is 4.07. The highest BCUT2D eigenvalue weighted by Crippen LogP contribution is 2.35. The van der Waals surface area contributed by atoms with Gasteiger partial charge in [-0.2, -0.15) is 0 Å². The summed E-state index contributed by atoms with van der Waals surface area (Å²) in [4.78, 5) is 28.7. The van der Waals surface area contributed by atoms with Gasteiger partial charge in [-0.05, 0) is 36.4 Å². The summed E-state index contributed by atoms with van der Waals surface area (Å²) >= 11 is 5.69.